The van der Waals surface area contributed by atoms with Gasteiger partial charge in [-0.25, -0.2) is 0 Å². The first kappa shape index (κ1) is 28.1. The molecule has 1 saturated heterocycles. The second-order valence-electron chi connectivity index (χ2n) is 10.5. The molecule has 4 atom stereocenters. The molecule has 0 aliphatic carbocycles. The zero-order valence-corrected chi connectivity index (χ0v) is 21.0. The van der Waals surface area contributed by atoms with Crippen LogP contribution in [0.5, 0.6) is 0 Å². The van der Waals surface area contributed by atoms with E-state index in [-0.39, 0.29) is 17.7 Å². The second-order valence-corrected chi connectivity index (χ2v) is 10.5. The first-order chi connectivity index (χ1) is 14.8. The number of likely N-dealkylation sites (tertiary alicyclic amines) is 1. The highest BCUT2D eigenvalue weighted by molar-refractivity contribution is 6.38. The molecule has 1 aliphatic heterocycles. The van der Waals surface area contributed by atoms with Gasteiger partial charge in [-0.15, -0.1) is 0 Å². The van der Waals surface area contributed by atoms with Crippen LogP contribution in [0.2, 0.25) is 0 Å². The Bertz CT molecular complexity index is 671. The van der Waals surface area contributed by atoms with Gasteiger partial charge >= 0.3 is 0 Å². The lowest BCUT2D eigenvalue weighted by atomic mass is 9.86. The molecule has 8 nitrogen and oxygen atoms in total. The normalized spacial score (nSPS) is 20.7. The van der Waals surface area contributed by atoms with Gasteiger partial charge in [0.15, 0.2) is 0 Å². The number of unbranched alkanes of at least 4 members (excludes halogenated alkanes) is 1. The van der Waals surface area contributed by atoms with Crippen LogP contribution in [0.4, 0.5) is 0 Å². The third kappa shape index (κ3) is 7.87. The largest absolute Gasteiger partial charge is 0.350 e. The summed E-state index contributed by atoms with van der Waals surface area (Å²) < 4.78 is 0. The number of ketones is 1. The molecule has 3 amide bonds. The van der Waals surface area contributed by atoms with Crippen LogP contribution in [0.1, 0.15) is 80.6 Å². The van der Waals surface area contributed by atoms with Crippen LogP contribution in [-0.4, -0.2) is 59.6 Å². The molecule has 0 radical (unpaired) electrons. The summed E-state index contributed by atoms with van der Waals surface area (Å²) in [5, 5.41) is 5.30. The fraction of sp³-hybridized carbons (Fsp3) is 0.833. The lowest BCUT2D eigenvalue weighted by Crippen LogP contribution is -2.57. The monoisotopic (exact) mass is 452 g/mol. The summed E-state index contributed by atoms with van der Waals surface area (Å²) in [6, 6.07) is -2.32. The zero-order valence-electron chi connectivity index (χ0n) is 21.0. The van der Waals surface area contributed by atoms with Crippen molar-refractivity contribution in [2.45, 2.75) is 98.7 Å². The molecule has 0 spiro atoms. The van der Waals surface area contributed by atoms with Gasteiger partial charge in [-0.05, 0) is 43.4 Å². The summed E-state index contributed by atoms with van der Waals surface area (Å²) in [4.78, 5) is 52.8. The summed E-state index contributed by atoms with van der Waals surface area (Å²) in [6.45, 7) is 14.5. The van der Waals surface area contributed by atoms with Crippen LogP contribution >= 0.6 is 0 Å². The molecule has 0 saturated carbocycles. The van der Waals surface area contributed by atoms with E-state index in [4.69, 9.17) is 5.73 Å². The molecule has 1 fully saturated rings. The highest BCUT2D eigenvalue weighted by Gasteiger charge is 2.44. The minimum absolute atomic E-state index is 0.190. The van der Waals surface area contributed by atoms with Crippen molar-refractivity contribution in [1.82, 2.24) is 15.5 Å². The number of nitrogens with two attached hydrogens (primary N) is 1. The van der Waals surface area contributed by atoms with Crippen LogP contribution in [0.25, 0.3) is 0 Å². The van der Waals surface area contributed by atoms with Gasteiger partial charge in [-0.2, -0.15) is 0 Å². The summed E-state index contributed by atoms with van der Waals surface area (Å²) in [6.07, 6.45) is 3.35. The SMILES string of the molecule is CCCCC(NC(=O)[C@@H]1CC(CC(C)C)CN1C(=O)[C@@H](N)C(C)(C)C)C(=O)C(=O)NCC. The number of hydrogen-bond donors (Lipinski definition) is 3. The third-order valence-corrected chi connectivity index (χ3v) is 6.02. The highest BCUT2D eigenvalue weighted by atomic mass is 16.2. The lowest BCUT2D eigenvalue weighted by Gasteiger charge is -2.33. The number of carbonyl (C=O) groups excluding carboxylic acids is 4. The number of Topliss-reactive ketones (excluding diaryl/α,β-unsaturated/α-hetero) is 1. The maximum Gasteiger partial charge on any atom is 0.289 e. The number of amides is 3. The molecule has 8 heteroatoms. The topological polar surface area (TPSA) is 122 Å². The summed E-state index contributed by atoms with van der Waals surface area (Å²) >= 11 is 0. The van der Waals surface area contributed by atoms with Crippen LogP contribution in [-0.2, 0) is 19.2 Å². The number of hydrogen-bond acceptors (Lipinski definition) is 5. The molecule has 1 aliphatic rings. The van der Waals surface area contributed by atoms with Gasteiger partial charge in [-0.1, -0.05) is 54.4 Å². The molecular weight excluding hydrogens is 408 g/mol. The molecule has 0 aromatic rings. The van der Waals surface area contributed by atoms with Crippen LogP contribution < -0.4 is 16.4 Å². The van der Waals surface area contributed by atoms with E-state index in [0.717, 1.165) is 12.8 Å². The van der Waals surface area contributed by atoms with E-state index in [0.29, 0.717) is 38.3 Å². The molecular formula is C24H44N4O4. The highest BCUT2D eigenvalue weighted by Crippen LogP contribution is 2.31. The summed E-state index contributed by atoms with van der Waals surface area (Å²) in [7, 11) is 0. The number of nitrogens with one attached hydrogen (secondary N) is 2. The molecule has 4 N–H and O–H groups in total. The first-order valence-electron chi connectivity index (χ1n) is 12.0. The Morgan fingerprint density at radius 3 is 2.25 bits per heavy atom. The molecule has 0 aromatic heterocycles. The molecule has 2 unspecified atom stereocenters. The van der Waals surface area contributed by atoms with Crippen molar-refractivity contribution >= 4 is 23.5 Å². The number of carbonyl (C=O) groups is 4. The zero-order chi connectivity index (χ0) is 24.6. The fourth-order valence-corrected chi connectivity index (χ4v) is 4.15. The van der Waals surface area contributed by atoms with Crippen molar-refractivity contribution in [2.24, 2.45) is 23.0 Å². The Labute approximate surface area is 193 Å². The van der Waals surface area contributed by atoms with Crippen molar-refractivity contribution < 1.29 is 19.2 Å². The van der Waals surface area contributed by atoms with Gasteiger partial charge < -0.3 is 21.3 Å². The van der Waals surface area contributed by atoms with Gasteiger partial charge in [0.25, 0.3) is 5.91 Å². The van der Waals surface area contributed by atoms with Crippen molar-refractivity contribution in [3.63, 3.8) is 0 Å². The average molecular weight is 453 g/mol. The van der Waals surface area contributed by atoms with Gasteiger partial charge in [0.1, 0.15) is 6.04 Å². The van der Waals surface area contributed by atoms with E-state index in [2.05, 4.69) is 24.5 Å². The third-order valence-electron chi connectivity index (χ3n) is 6.02. The smallest absolute Gasteiger partial charge is 0.289 e. The predicted molar refractivity (Wildman–Crippen MR) is 126 cm³/mol. The van der Waals surface area contributed by atoms with E-state index in [1.807, 2.05) is 27.7 Å². The van der Waals surface area contributed by atoms with E-state index in [1.54, 1.807) is 11.8 Å². The Kier molecular flexibility index (Phi) is 10.8. The van der Waals surface area contributed by atoms with Crippen LogP contribution in [0, 0.1) is 17.3 Å². The Morgan fingerprint density at radius 2 is 1.75 bits per heavy atom. The molecule has 0 aromatic carbocycles. The summed E-state index contributed by atoms with van der Waals surface area (Å²) in [5.41, 5.74) is 5.80. The minimum Gasteiger partial charge on any atom is -0.350 e. The van der Waals surface area contributed by atoms with E-state index in [1.165, 1.54) is 0 Å². The van der Waals surface area contributed by atoms with E-state index >= 15 is 0 Å². The predicted octanol–water partition coefficient (Wildman–Crippen LogP) is 2.00. The maximum atomic E-state index is 13.3. The Hall–Kier alpha value is -1.96. The van der Waals surface area contributed by atoms with Crippen LogP contribution in [0.3, 0.4) is 0 Å². The fourth-order valence-electron chi connectivity index (χ4n) is 4.15. The second kappa shape index (κ2) is 12.3. The van der Waals surface area contributed by atoms with Crippen molar-refractivity contribution in [3.8, 4) is 0 Å². The maximum absolute atomic E-state index is 13.3. The van der Waals surface area contributed by atoms with Gasteiger partial charge in [0, 0.05) is 13.1 Å². The van der Waals surface area contributed by atoms with E-state index < -0.39 is 35.2 Å². The number of nitrogens with zero attached hydrogens (tertiary/aromatic N) is 1. The molecule has 1 heterocycles. The number of rotatable bonds is 11. The molecule has 0 bridgehead atoms. The quantitative estimate of drug-likeness (QED) is 0.414. The summed E-state index contributed by atoms with van der Waals surface area (Å²) in [5.74, 6) is -1.34. The molecule has 1 rings (SSSR count). The van der Waals surface area contributed by atoms with Crippen LogP contribution in [0.15, 0.2) is 0 Å². The minimum atomic E-state index is -0.897. The van der Waals surface area contributed by atoms with Crippen molar-refractivity contribution in [1.29, 1.82) is 0 Å². The lowest BCUT2D eigenvalue weighted by molar-refractivity contribution is -0.143. The van der Waals surface area contributed by atoms with Crippen molar-refractivity contribution in [3.05, 3.63) is 0 Å². The standard InChI is InChI=1S/C24H44N4O4/c1-8-10-11-17(19(29)22(31)26-9-2)27-21(30)18-13-16(12-15(3)4)14-28(18)23(32)20(25)24(5,6)7/h15-18,20H,8-14,25H2,1-7H3,(H,26,31)(H,27,30)/t16?,17?,18-,20+/m0/s1. The molecule has 32 heavy (non-hydrogen) atoms. The van der Waals surface area contributed by atoms with Gasteiger partial charge in [0.05, 0.1) is 12.1 Å². The Balaban J connectivity index is 3.09. The van der Waals surface area contributed by atoms with Gasteiger partial charge in [-0.3, -0.25) is 19.2 Å². The Morgan fingerprint density at radius 1 is 1.12 bits per heavy atom. The van der Waals surface area contributed by atoms with Crippen molar-refractivity contribution in [2.75, 3.05) is 13.1 Å². The number of likely N-dealkylation sites (N-methyl/N-ethyl adjacent to an activating group) is 1. The molecule has 184 valence electrons. The first-order valence-corrected chi connectivity index (χ1v) is 12.0. The van der Waals surface area contributed by atoms with E-state index in [9.17, 15) is 19.2 Å². The van der Waals surface area contributed by atoms with Gasteiger partial charge in [0.2, 0.25) is 17.6 Å². The average Bonchev–Trinajstić information content (AvgIpc) is 3.11.